The van der Waals surface area contributed by atoms with Crippen LogP contribution in [0.1, 0.15) is 200 Å². The Morgan fingerprint density at radius 2 is 1.02 bits per heavy atom. The Kier molecular flexibility index (Phi) is 38.1. The Labute approximate surface area is 319 Å². The van der Waals surface area contributed by atoms with E-state index in [0.717, 1.165) is 64.2 Å². The van der Waals surface area contributed by atoms with Crippen LogP contribution in [0.5, 0.6) is 0 Å². The summed E-state index contributed by atoms with van der Waals surface area (Å²) in [5.74, 6) is -0.838. The number of ether oxygens (including phenoxy) is 2. The van der Waals surface area contributed by atoms with E-state index in [4.69, 9.17) is 24.3 Å². The third kappa shape index (κ3) is 38.2. The van der Waals surface area contributed by atoms with Gasteiger partial charge in [0.1, 0.15) is 6.61 Å². The van der Waals surface area contributed by atoms with Crippen LogP contribution in [0.4, 0.5) is 0 Å². The number of hydrogen-bond acceptors (Lipinski definition) is 8. The maximum Gasteiger partial charge on any atom is 0.472 e. The number of allylic oxidation sites excluding steroid dienone is 4. The minimum atomic E-state index is -4.37. The maximum absolute atomic E-state index is 12.5. The Bertz CT molecular complexity index is 912. The lowest BCUT2D eigenvalue weighted by Crippen LogP contribution is -2.29. The van der Waals surface area contributed by atoms with Crippen molar-refractivity contribution in [3.8, 4) is 0 Å². The van der Waals surface area contributed by atoms with E-state index in [2.05, 4.69) is 38.2 Å². The van der Waals surface area contributed by atoms with Crippen molar-refractivity contribution in [3.05, 3.63) is 24.3 Å². The summed E-state index contributed by atoms with van der Waals surface area (Å²) in [5.41, 5.74) is 5.34. The van der Waals surface area contributed by atoms with Crippen molar-refractivity contribution in [1.82, 2.24) is 0 Å². The zero-order chi connectivity index (χ0) is 38.2. The first-order chi connectivity index (χ1) is 25.3. The van der Waals surface area contributed by atoms with Crippen molar-refractivity contribution >= 4 is 19.8 Å². The molecule has 0 aromatic carbocycles. The molecule has 0 heterocycles. The van der Waals surface area contributed by atoms with Gasteiger partial charge in [0.2, 0.25) is 0 Å². The molecule has 0 aromatic rings. The van der Waals surface area contributed by atoms with Crippen LogP contribution in [0.3, 0.4) is 0 Å². The molecular weight excluding hydrogens is 677 g/mol. The molecule has 2 atom stereocenters. The summed E-state index contributed by atoms with van der Waals surface area (Å²) in [5, 5.41) is 0. The van der Waals surface area contributed by atoms with Crippen molar-refractivity contribution in [2.45, 2.75) is 206 Å². The highest BCUT2D eigenvalue weighted by Gasteiger charge is 2.26. The molecule has 0 aliphatic rings. The predicted molar refractivity (Wildman–Crippen MR) is 215 cm³/mol. The quantitative estimate of drug-likeness (QED) is 0.0271. The molecular formula is C42H80NO8P. The fourth-order valence-electron chi connectivity index (χ4n) is 5.89. The van der Waals surface area contributed by atoms with Crippen molar-refractivity contribution in [1.29, 1.82) is 0 Å². The molecule has 0 aliphatic carbocycles. The molecule has 10 heteroatoms. The van der Waals surface area contributed by atoms with Gasteiger partial charge in [0, 0.05) is 19.4 Å². The maximum atomic E-state index is 12.5. The van der Waals surface area contributed by atoms with Crippen LogP contribution in [0.25, 0.3) is 0 Å². The molecule has 0 amide bonds. The van der Waals surface area contributed by atoms with Crippen LogP contribution in [0.15, 0.2) is 24.3 Å². The predicted octanol–water partition coefficient (Wildman–Crippen LogP) is 12.0. The Balaban J connectivity index is 4.14. The van der Waals surface area contributed by atoms with Gasteiger partial charge in [-0.15, -0.1) is 0 Å². The molecule has 0 fully saturated rings. The third-order valence-electron chi connectivity index (χ3n) is 9.09. The second-order valence-electron chi connectivity index (χ2n) is 14.2. The minimum absolute atomic E-state index is 0.0524. The van der Waals surface area contributed by atoms with Crippen LogP contribution < -0.4 is 5.73 Å². The largest absolute Gasteiger partial charge is 0.472 e. The van der Waals surface area contributed by atoms with E-state index in [0.29, 0.717) is 6.42 Å². The van der Waals surface area contributed by atoms with E-state index >= 15 is 0 Å². The number of carbonyl (C=O) groups excluding carboxylic acids is 2. The van der Waals surface area contributed by atoms with Crippen LogP contribution in [0, 0.1) is 0 Å². The van der Waals surface area contributed by atoms with Gasteiger partial charge in [-0.3, -0.25) is 18.6 Å². The Morgan fingerprint density at radius 1 is 0.577 bits per heavy atom. The first kappa shape index (κ1) is 50.5. The fraction of sp³-hybridized carbons (Fsp3) is 0.857. The van der Waals surface area contributed by atoms with Crippen LogP contribution in [0.2, 0.25) is 0 Å². The summed E-state index contributed by atoms with van der Waals surface area (Å²) in [6.45, 7) is 3.69. The Hall–Kier alpha value is -1.51. The lowest BCUT2D eigenvalue weighted by molar-refractivity contribution is -0.161. The van der Waals surface area contributed by atoms with Crippen molar-refractivity contribution in [2.24, 2.45) is 5.73 Å². The average molecular weight is 758 g/mol. The number of phosphoric acid groups is 1. The van der Waals surface area contributed by atoms with E-state index in [1.165, 1.54) is 103 Å². The molecule has 0 rings (SSSR count). The first-order valence-corrected chi connectivity index (χ1v) is 22.8. The summed E-state index contributed by atoms with van der Waals surface area (Å²) in [6.07, 6.45) is 40.6. The van der Waals surface area contributed by atoms with Crippen LogP contribution in [-0.2, 0) is 32.7 Å². The summed E-state index contributed by atoms with van der Waals surface area (Å²) in [7, 11) is -4.37. The van der Waals surface area contributed by atoms with E-state index in [9.17, 15) is 19.0 Å². The highest BCUT2D eigenvalue weighted by molar-refractivity contribution is 7.47. The van der Waals surface area contributed by atoms with E-state index < -0.39 is 26.5 Å². The number of carbonyl (C=O) groups is 2. The summed E-state index contributed by atoms with van der Waals surface area (Å²) in [6, 6.07) is 0. The zero-order valence-corrected chi connectivity index (χ0v) is 34.4. The van der Waals surface area contributed by atoms with Gasteiger partial charge in [-0.05, 0) is 38.5 Å². The molecule has 2 unspecified atom stereocenters. The van der Waals surface area contributed by atoms with Gasteiger partial charge in [-0.25, -0.2) is 4.57 Å². The normalized spacial score (nSPS) is 13.5. The molecule has 0 saturated heterocycles. The number of rotatable bonds is 40. The molecule has 3 N–H and O–H groups in total. The molecule has 0 bridgehead atoms. The lowest BCUT2D eigenvalue weighted by Gasteiger charge is -2.19. The molecule has 0 saturated carbocycles. The summed E-state index contributed by atoms with van der Waals surface area (Å²) >= 11 is 0. The number of hydrogen-bond donors (Lipinski definition) is 2. The number of unbranched alkanes of at least 4 members (excludes halogenated alkanes) is 23. The highest BCUT2D eigenvalue weighted by Crippen LogP contribution is 2.43. The standard InChI is InChI=1S/C42H80NO8P/c1-3-5-7-9-11-13-15-17-19-20-21-23-24-26-28-30-32-34-41(44)48-38-40(39-50-52(46,47)49-37-36-43)51-42(45)35-33-31-29-27-25-22-18-16-14-12-10-8-6-4-2/h10,12,16,18,40H,3-9,11,13-15,17,19-39,43H2,1-2H3,(H,46,47)/b12-10-,18-16-. The van der Waals surface area contributed by atoms with Gasteiger partial charge in [0.15, 0.2) is 6.10 Å². The average Bonchev–Trinajstić information content (AvgIpc) is 3.13. The monoisotopic (exact) mass is 758 g/mol. The first-order valence-electron chi connectivity index (χ1n) is 21.3. The third-order valence-corrected chi connectivity index (χ3v) is 10.1. The van der Waals surface area contributed by atoms with E-state index in [-0.39, 0.29) is 38.6 Å². The van der Waals surface area contributed by atoms with Crippen LogP contribution >= 0.6 is 7.82 Å². The number of esters is 2. The van der Waals surface area contributed by atoms with Gasteiger partial charge in [-0.1, -0.05) is 173 Å². The molecule has 0 spiro atoms. The second kappa shape index (κ2) is 39.2. The summed E-state index contributed by atoms with van der Waals surface area (Å²) < 4.78 is 32.7. The van der Waals surface area contributed by atoms with E-state index in [1.54, 1.807) is 0 Å². The van der Waals surface area contributed by atoms with Crippen molar-refractivity contribution < 1.29 is 37.6 Å². The van der Waals surface area contributed by atoms with Crippen molar-refractivity contribution in [2.75, 3.05) is 26.4 Å². The molecule has 52 heavy (non-hydrogen) atoms. The summed E-state index contributed by atoms with van der Waals surface area (Å²) in [4.78, 5) is 34.8. The highest BCUT2D eigenvalue weighted by atomic mass is 31.2. The molecule has 0 aliphatic heterocycles. The van der Waals surface area contributed by atoms with E-state index in [1.807, 2.05) is 0 Å². The SMILES string of the molecule is CCCC/C=C\C/C=C\CCCCCCCC(=O)OC(COC(=O)CCCCCCCCCCCCCCCCCCC)COP(=O)(O)OCCN. The Morgan fingerprint density at radius 3 is 1.52 bits per heavy atom. The molecule has 306 valence electrons. The molecule has 0 radical (unpaired) electrons. The molecule has 9 nitrogen and oxygen atoms in total. The lowest BCUT2D eigenvalue weighted by atomic mass is 10.0. The smallest absolute Gasteiger partial charge is 0.462 e. The van der Waals surface area contributed by atoms with Gasteiger partial charge in [0.05, 0.1) is 13.2 Å². The topological polar surface area (TPSA) is 134 Å². The van der Waals surface area contributed by atoms with Crippen molar-refractivity contribution in [3.63, 3.8) is 0 Å². The molecule has 0 aromatic heterocycles. The van der Waals surface area contributed by atoms with Gasteiger partial charge in [-0.2, -0.15) is 0 Å². The minimum Gasteiger partial charge on any atom is -0.462 e. The second-order valence-corrected chi connectivity index (χ2v) is 15.7. The zero-order valence-electron chi connectivity index (χ0n) is 33.6. The fourth-order valence-corrected chi connectivity index (χ4v) is 6.65. The van der Waals surface area contributed by atoms with Gasteiger partial charge < -0.3 is 20.1 Å². The van der Waals surface area contributed by atoms with Gasteiger partial charge >= 0.3 is 19.8 Å². The number of nitrogens with two attached hydrogens (primary N) is 1. The van der Waals surface area contributed by atoms with Crippen LogP contribution in [-0.4, -0.2) is 49.3 Å². The number of phosphoric ester groups is 1. The van der Waals surface area contributed by atoms with Gasteiger partial charge in [0.25, 0.3) is 0 Å².